The Bertz CT molecular complexity index is 1070. The molecule has 0 unspecified atom stereocenters. The molecule has 2 aliphatic rings. The first-order chi connectivity index (χ1) is 14.3. The molecule has 0 saturated carbocycles. The summed E-state index contributed by atoms with van der Waals surface area (Å²) in [5.41, 5.74) is 5.11. The molecule has 5 nitrogen and oxygen atoms in total. The van der Waals surface area contributed by atoms with E-state index in [0.29, 0.717) is 12.1 Å². The molecular formula is C24H26N4O. The fraction of sp³-hybridized carbons (Fsp3) is 0.417. The van der Waals surface area contributed by atoms with E-state index < -0.39 is 0 Å². The average Bonchev–Trinajstić information content (AvgIpc) is 2.77. The second-order valence-electron chi connectivity index (χ2n) is 7.95. The second kappa shape index (κ2) is 9.11. The van der Waals surface area contributed by atoms with Crippen molar-refractivity contribution in [2.75, 3.05) is 13.1 Å². The average molecular weight is 386 g/mol. The van der Waals surface area contributed by atoms with Crippen molar-refractivity contribution in [1.29, 1.82) is 5.26 Å². The summed E-state index contributed by atoms with van der Waals surface area (Å²) in [6.07, 6.45) is 9.14. The van der Waals surface area contributed by atoms with Gasteiger partial charge in [0.1, 0.15) is 5.70 Å². The number of benzene rings is 1. The van der Waals surface area contributed by atoms with E-state index in [1.54, 1.807) is 0 Å². The van der Waals surface area contributed by atoms with E-state index in [1.807, 2.05) is 12.1 Å². The molecule has 0 saturated heterocycles. The second-order valence-corrected chi connectivity index (χ2v) is 7.95. The van der Waals surface area contributed by atoms with Gasteiger partial charge >= 0.3 is 0 Å². The molecule has 5 heteroatoms. The quantitative estimate of drug-likeness (QED) is 0.541. The molecule has 148 valence electrons. The van der Waals surface area contributed by atoms with E-state index in [1.165, 1.54) is 24.0 Å². The molecule has 0 bridgehead atoms. The van der Waals surface area contributed by atoms with E-state index in [2.05, 4.69) is 40.4 Å². The van der Waals surface area contributed by atoms with Crippen LogP contribution in [-0.4, -0.2) is 23.0 Å². The van der Waals surface area contributed by atoms with Crippen molar-refractivity contribution in [1.82, 2.24) is 9.88 Å². The van der Waals surface area contributed by atoms with E-state index in [-0.39, 0.29) is 0 Å². The molecule has 0 atom stereocenters. The maximum atomic E-state index is 11.0. The van der Waals surface area contributed by atoms with Crippen molar-refractivity contribution in [2.24, 2.45) is 5.18 Å². The maximum Gasteiger partial charge on any atom is 0.111 e. The first-order valence-corrected chi connectivity index (χ1v) is 10.5. The van der Waals surface area contributed by atoms with Crippen molar-refractivity contribution in [3.63, 3.8) is 0 Å². The highest BCUT2D eigenvalue weighted by atomic mass is 16.3. The number of nitriles is 1. The lowest BCUT2D eigenvalue weighted by molar-refractivity contribution is 0.248. The van der Waals surface area contributed by atoms with Crippen molar-refractivity contribution >= 4 is 11.8 Å². The monoisotopic (exact) mass is 386 g/mol. The molecule has 1 aliphatic heterocycles. The van der Waals surface area contributed by atoms with Gasteiger partial charge in [0.2, 0.25) is 0 Å². The number of nitroso groups, excluding NO2 is 1. The minimum atomic E-state index is 0.594. The van der Waals surface area contributed by atoms with Crippen LogP contribution in [0.15, 0.2) is 35.5 Å². The summed E-state index contributed by atoms with van der Waals surface area (Å²) >= 11 is 0. The van der Waals surface area contributed by atoms with Crippen LogP contribution in [0.25, 0.3) is 11.8 Å². The molecule has 1 aromatic carbocycles. The van der Waals surface area contributed by atoms with E-state index in [4.69, 9.17) is 10.2 Å². The highest BCUT2D eigenvalue weighted by Crippen LogP contribution is 2.20. The number of rotatable bonds is 7. The number of aromatic nitrogens is 1. The number of nitrogens with zero attached hydrogens (tertiary/aromatic N) is 4. The molecule has 1 aliphatic carbocycles. The van der Waals surface area contributed by atoms with Crippen LogP contribution < -0.4 is 10.6 Å². The zero-order chi connectivity index (χ0) is 20.1. The fourth-order valence-corrected chi connectivity index (χ4v) is 4.31. The summed E-state index contributed by atoms with van der Waals surface area (Å²) in [6, 6.07) is 12.5. The third-order valence-corrected chi connectivity index (χ3v) is 5.95. The third-order valence-electron chi connectivity index (χ3n) is 5.95. The molecule has 29 heavy (non-hydrogen) atoms. The van der Waals surface area contributed by atoms with Gasteiger partial charge in [0, 0.05) is 18.8 Å². The van der Waals surface area contributed by atoms with E-state index in [9.17, 15) is 4.91 Å². The molecule has 2 heterocycles. The van der Waals surface area contributed by atoms with Crippen LogP contribution in [-0.2, 0) is 19.4 Å². The summed E-state index contributed by atoms with van der Waals surface area (Å²) in [5.74, 6) is 0. The van der Waals surface area contributed by atoms with Crippen LogP contribution in [0.1, 0.15) is 54.5 Å². The van der Waals surface area contributed by atoms with Crippen molar-refractivity contribution in [3.05, 3.63) is 68.2 Å². The molecular weight excluding hydrogens is 360 g/mol. The predicted octanol–water partition coefficient (Wildman–Crippen LogP) is 3.17. The standard InChI is InChI=1S/C24H26N4O/c25-16-18-8-9-21-17-28(14-12-20(21)15-18)13-3-1-2-6-22-11-10-19-5-4-7-23(27-29)24(19)26-22/h5,8-11,15H,1-4,6-7,12-14,17H2. The normalized spacial score (nSPS) is 15.8. The summed E-state index contributed by atoms with van der Waals surface area (Å²) in [6.45, 7) is 3.17. The Hall–Kier alpha value is -2.84. The van der Waals surface area contributed by atoms with Crippen molar-refractivity contribution in [3.8, 4) is 6.07 Å². The first kappa shape index (κ1) is 19.5. The van der Waals surface area contributed by atoms with E-state index in [0.717, 1.165) is 67.1 Å². The number of fused-ring (bicyclic) bond motifs is 2. The van der Waals surface area contributed by atoms with Gasteiger partial charge in [0.05, 0.1) is 17.0 Å². The number of hydrogen-bond donors (Lipinski definition) is 0. The van der Waals surface area contributed by atoms with Gasteiger partial charge in [-0.05, 0) is 84.8 Å². The molecule has 1 aromatic heterocycles. The lowest BCUT2D eigenvalue weighted by Crippen LogP contribution is -2.33. The van der Waals surface area contributed by atoms with Gasteiger partial charge in [0.15, 0.2) is 0 Å². The Morgan fingerprint density at radius 3 is 2.90 bits per heavy atom. The van der Waals surface area contributed by atoms with Crippen LogP contribution >= 0.6 is 0 Å². The van der Waals surface area contributed by atoms with Gasteiger partial charge in [-0.1, -0.05) is 24.6 Å². The molecule has 0 N–H and O–H groups in total. The SMILES string of the molecule is N#Cc1ccc2c(c1)CCN(CCCCCc1ccc3c(n1)=C(N=O)CCC=3)C2. The molecule has 2 aromatic rings. The molecule has 4 rings (SSSR count). The zero-order valence-electron chi connectivity index (χ0n) is 16.7. The summed E-state index contributed by atoms with van der Waals surface area (Å²) in [4.78, 5) is 18.2. The summed E-state index contributed by atoms with van der Waals surface area (Å²) in [5, 5.41) is 14.0. The number of hydrogen-bond acceptors (Lipinski definition) is 5. The third kappa shape index (κ3) is 4.60. The van der Waals surface area contributed by atoms with Gasteiger partial charge in [-0.2, -0.15) is 5.26 Å². The van der Waals surface area contributed by atoms with Crippen LogP contribution in [0.4, 0.5) is 0 Å². The highest BCUT2D eigenvalue weighted by molar-refractivity contribution is 5.48. The molecule has 0 radical (unpaired) electrons. The smallest absolute Gasteiger partial charge is 0.111 e. The molecule has 0 fully saturated rings. The predicted molar refractivity (Wildman–Crippen MR) is 114 cm³/mol. The minimum Gasteiger partial charge on any atom is -0.299 e. The lowest BCUT2D eigenvalue weighted by atomic mass is 9.97. The van der Waals surface area contributed by atoms with Crippen LogP contribution in [0.5, 0.6) is 0 Å². The molecule has 0 spiro atoms. The van der Waals surface area contributed by atoms with E-state index >= 15 is 0 Å². The Labute approximate surface area is 171 Å². The number of unbranched alkanes of at least 4 members (excludes halogenated alkanes) is 2. The van der Waals surface area contributed by atoms with Crippen LogP contribution in [0, 0.1) is 16.2 Å². The van der Waals surface area contributed by atoms with Crippen LogP contribution in [0.2, 0.25) is 0 Å². The highest BCUT2D eigenvalue weighted by Gasteiger charge is 2.16. The lowest BCUT2D eigenvalue weighted by Gasteiger charge is -2.28. The Morgan fingerprint density at radius 1 is 1.10 bits per heavy atom. The van der Waals surface area contributed by atoms with Gasteiger partial charge < -0.3 is 0 Å². The number of pyridine rings is 1. The maximum absolute atomic E-state index is 11.0. The fourth-order valence-electron chi connectivity index (χ4n) is 4.31. The Balaban J connectivity index is 1.25. The van der Waals surface area contributed by atoms with Crippen molar-refractivity contribution < 1.29 is 0 Å². The first-order valence-electron chi connectivity index (χ1n) is 10.5. The summed E-state index contributed by atoms with van der Waals surface area (Å²) in [7, 11) is 0. The summed E-state index contributed by atoms with van der Waals surface area (Å²) < 4.78 is 0. The topological polar surface area (TPSA) is 69.3 Å². The van der Waals surface area contributed by atoms with Gasteiger partial charge in [-0.3, -0.25) is 9.88 Å². The zero-order valence-corrected chi connectivity index (χ0v) is 16.7. The molecule has 0 amide bonds. The number of aryl methyl sites for hydroxylation is 1. The Kier molecular flexibility index (Phi) is 6.12. The van der Waals surface area contributed by atoms with Gasteiger partial charge in [0.25, 0.3) is 0 Å². The Morgan fingerprint density at radius 2 is 2.03 bits per heavy atom. The van der Waals surface area contributed by atoms with Crippen LogP contribution in [0.3, 0.4) is 0 Å². The minimum absolute atomic E-state index is 0.594. The van der Waals surface area contributed by atoms with Crippen molar-refractivity contribution in [2.45, 2.75) is 51.5 Å². The van der Waals surface area contributed by atoms with Gasteiger partial charge in [-0.15, -0.1) is 4.91 Å². The largest absolute Gasteiger partial charge is 0.299 e. The van der Waals surface area contributed by atoms with Gasteiger partial charge in [-0.25, -0.2) is 0 Å².